The number of Topliss-reactive ketones (excluding diaryl/α,β-unsaturated/α-hetero) is 1. The molecule has 0 saturated heterocycles. The third kappa shape index (κ3) is 3.37. The fourth-order valence-electron chi connectivity index (χ4n) is 2.36. The molecule has 0 amide bonds. The average molecular weight is 294 g/mol. The van der Waals surface area contributed by atoms with E-state index < -0.39 is 11.8 Å². The molecule has 4 heteroatoms. The third-order valence-electron chi connectivity index (χ3n) is 3.47. The second kappa shape index (κ2) is 6.83. The van der Waals surface area contributed by atoms with Crippen LogP contribution in [0.1, 0.15) is 33.1 Å². The Kier molecular flexibility index (Phi) is 4.87. The Hall–Kier alpha value is -2.43. The van der Waals surface area contributed by atoms with Gasteiger partial charge in [0.1, 0.15) is 5.92 Å². The molecule has 0 spiro atoms. The van der Waals surface area contributed by atoms with Gasteiger partial charge in [-0.1, -0.05) is 30.3 Å². The van der Waals surface area contributed by atoms with E-state index in [0.29, 0.717) is 4.88 Å². The summed E-state index contributed by atoms with van der Waals surface area (Å²) in [5.74, 6) is -1.24. The van der Waals surface area contributed by atoms with Crippen LogP contribution in [-0.4, -0.2) is 5.78 Å². The molecule has 0 radical (unpaired) electrons. The number of hydrogen-bond acceptors (Lipinski definition) is 4. The molecule has 0 N–H and O–H groups in total. The van der Waals surface area contributed by atoms with E-state index in [1.54, 1.807) is 6.07 Å². The molecule has 1 aromatic heterocycles. The summed E-state index contributed by atoms with van der Waals surface area (Å²) < 4.78 is 0. The van der Waals surface area contributed by atoms with Crippen LogP contribution >= 0.6 is 11.3 Å². The molecule has 0 fully saturated rings. The molecule has 2 aromatic rings. The lowest BCUT2D eigenvalue weighted by Crippen LogP contribution is -2.15. The molecule has 1 heterocycles. The van der Waals surface area contributed by atoms with Gasteiger partial charge in [-0.2, -0.15) is 10.5 Å². The lowest BCUT2D eigenvalue weighted by molar-refractivity contribution is 0.0974. The van der Waals surface area contributed by atoms with Crippen LogP contribution in [-0.2, 0) is 0 Å². The molecule has 0 bridgehead atoms. The molecule has 104 valence electrons. The maximum atomic E-state index is 12.3. The van der Waals surface area contributed by atoms with Crippen molar-refractivity contribution in [1.29, 1.82) is 10.5 Å². The molecular formula is C17H14N2OS. The number of ketones is 1. The van der Waals surface area contributed by atoms with E-state index in [0.717, 1.165) is 11.1 Å². The zero-order chi connectivity index (χ0) is 15.2. The van der Waals surface area contributed by atoms with Gasteiger partial charge in [-0.05, 0) is 29.5 Å². The van der Waals surface area contributed by atoms with Crippen LogP contribution in [0, 0.1) is 35.5 Å². The monoisotopic (exact) mass is 294 g/mol. The molecule has 0 aliphatic rings. The topological polar surface area (TPSA) is 64.7 Å². The molecule has 0 saturated carbocycles. The molecular weight excluding hydrogens is 280 g/mol. The molecule has 1 aromatic carbocycles. The van der Waals surface area contributed by atoms with Crippen molar-refractivity contribution in [2.24, 2.45) is 5.92 Å². The van der Waals surface area contributed by atoms with Crippen LogP contribution in [0.5, 0.6) is 0 Å². The number of nitriles is 2. The maximum absolute atomic E-state index is 12.3. The number of aryl methyl sites for hydroxylation is 1. The van der Waals surface area contributed by atoms with Crippen LogP contribution < -0.4 is 0 Å². The SMILES string of the molecule is Cc1ccccc1[C@@H](CC(=O)c1cccs1)C(C#N)C#N. The molecule has 1 atom stereocenters. The van der Waals surface area contributed by atoms with Crippen molar-refractivity contribution in [3.63, 3.8) is 0 Å². The number of benzene rings is 1. The van der Waals surface area contributed by atoms with E-state index in [1.807, 2.05) is 54.8 Å². The molecule has 0 unspecified atom stereocenters. The standard InChI is InChI=1S/C17H14N2OS/c1-12-5-2-3-6-14(12)15(13(10-18)11-19)9-16(20)17-7-4-8-21-17/h2-8,13,15H,9H2,1H3/t15-/m0/s1. The highest BCUT2D eigenvalue weighted by Gasteiger charge is 2.27. The fourth-order valence-corrected chi connectivity index (χ4v) is 3.03. The van der Waals surface area contributed by atoms with Crippen molar-refractivity contribution in [2.75, 3.05) is 0 Å². The van der Waals surface area contributed by atoms with Gasteiger partial charge in [-0.25, -0.2) is 0 Å². The van der Waals surface area contributed by atoms with Crippen molar-refractivity contribution in [3.8, 4) is 12.1 Å². The minimum absolute atomic E-state index is 0.0197. The van der Waals surface area contributed by atoms with E-state index >= 15 is 0 Å². The lowest BCUT2D eigenvalue weighted by atomic mass is 9.81. The van der Waals surface area contributed by atoms with Crippen molar-refractivity contribution in [3.05, 3.63) is 57.8 Å². The van der Waals surface area contributed by atoms with Crippen molar-refractivity contribution in [2.45, 2.75) is 19.3 Å². The van der Waals surface area contributed by atoms with Crippen molar-refractivity contribution >= 4 is 17.1 Å². The van der Waals surface area contributed by atoms with Crippen molar-refractivity contribution in [1.82, 2.24) is 0 Å². The molecule has 21 heavy (non-hydrogen) atoms. The minimum Gasteiger partial charge on any atom is -0.293 e. The summed E-state index contributed by atoms with van der Waals surface area (Å²) in [7, 11) is 0. The van der Waals surface area contributed by atoms with Gasteiger partial charge in [0.2, 0.25) is 0 Å². The second-order valence-electron chi connectivity index (χ2n) is 4.80. The normalized spacial score (nSPS) is 11.6. The smallest absolute Gasteiger partial charge is 0.173 e. The van der Waals surface area contributed by atoms with Gasteiger partial charge >= 0.3 is 0 Å². The zero-order valence-electron chi connectivity index (χ0n) is 11.6. The highest BCUT2D eigenvalue weighted by molar-refractivity contribution is 7.12. The summed E-state index contributed by atoms with van der Waals surface area (Å²) in [5, 5.41) is 20.3. The first kappa shape index (κ1) is 15.0. The Morgan fingerprint density at radius 3 is 2.48 bits per heavy atom. The van der Waals surface area contributed by atoms with Gasteiger partial charge in [0.25, 0.3) is 0 Å². The molecule has 2 rings (SSSR count). The van der Waals surface area contributed by atoms with Crippen molar-refractivity contribution < 1.29 is 4.79 Å². The summed E-state index contributed by atoms with van der Waals surface area (Å²) in [6.07, 6.45) is 0.178. The summed E-state index contributed by atoms with van der Waals surface area (Å²) >= 11 is 1.38. The van der Waals surface area contributed by atoms with Gasteiger partial charge in [0, 0.05) is 12.3 Å². The highest BCUT2D eigenvalue weighted by Crippen LogP contribution is 2.32. The van der Waals surface area contributed by atoms with E-state index in [1.165, 1.54) is 11.3 Å². The number of hydrogen-bond donors (Lipinski definition) is 0. The maximum Gasteiger partial charge on any atom is 0.173 e. The number of carbonyl (C=O) groups excluding carboxylic acids is 1. The number of thiophene rings is 1. The summed E-state index contributed by atoms with van der Waals surface area (Å²) in [4.78, 5) is 13.0. The van der Waals surface area contributed by atoms with E-state index in [2.05, 4.69) is 0 Å². The molecule has 0 aliphatic heterocycles. The minimum atomic E-state index is -0.824. The Labute approximate surface area is 128 Å². The van der Waals surface area contributed by atoms with E-state index in [4.69, 9.17) is 0 Å². The average Bonchev–Trinajstić information content (AvgIpc) is 3.02. The second-order valence-corrected chi connectivity index (χ2v) is 5.75. The summed E-state index contributed by atoms with van der Waals surface area (Å²) in [6.45, 7) is 1.93. The Morgan fingerprint density at radius 2 is 1.90 bits per heavy atom. The number of carbonyl (C=O) groups is 1. The largest absolute Gasteiger partial charge is 0.293 e. The predicted octanol–water partition coefficient (Wildman–Crippen LogP) is 4.08. The summed E-state index contributed by atoms with van der Waals surface area (Å²) in [6, 6.07) is 15.2. The lowest BCUT2D eigenvalue weighted by Gasteiger charge is -2.19. The van der Waals surface area contributed by atoms with Crippen LogP contribution in [0.15, 0.2) is 41.8 Å². The van der Waals surface area contributed by atoms with Gasteiger partial charge in [-0.15, -0.1) is 11.3 Å². The van der Waals surface area contributed by atoms with E-state index in [9.17, 15) is 15.3 Å². The molecule has 3 nitrogen and oxygen atoms in total. The Morgan fingerprint density at radius 1 is 1.19 bits per heavy atom. The van der Waals surface area contributed by atoms with E-state index in [-0.39, 0.29) is 12.2 Å². The number of rotatable bonds is 5. The Bertz CT molecular complexity index is 693. The third-order valence-corrected chi connectivity index (χ3v) is 4.38. The van der Waals surface area contributed by atoms with Crippen LogP contribution in [0.3, 0.4) is 0 Å². The van der Waals surface area contributed by atoms with Crippen LogP contribution in [0.25, 0.3) is 0 Å². The first-order valence-corrected chi connectivity index (χ1v) is 7.46. The zero-order valence-corrected chi connectivity index (χ0v) is 12.4. The fraction of sp³-hybridized carbons (Fsp3) is 0.235. The quantitative estimate of drug-likeness (QED) is 0.780. The number of nitrogens with zero attached hydrogens (tertiary/aromatic N) is 2. The van der Waals surface area contributed by atoms with Gasteiger partial charge < -0.3 is 0 Å². The van der Waals surface area contributed by atoms with Gasteiger partial charge in [-0.3, -0.25) is 4.79 Å². The van der Waals surface area contributed by atoms with Gasteiger partial charge in [0.15, 0.2) is 5.78 Å². The van der Waals surface area contributed by atoms with Crippen LogP contribution in [0.2, 0.25) is 0 Å². The Balaban J connectivity index is 2.34. The van der Waals surface area contributed by atoms with Gasteiger partial charge in [0.05, 0.1) is 17.0 Å². The van der Waals surface area contributed by atoms with Crippen LogP contribution in [0.4, 0.5) is 0 Å². The highest BCUT2D eigenvalue weighted by atomic mass is 32.1. The first-order valence-electron chi connectivity index (χ1n) is 6.59. The predicted molar refractivity (Wildman–Crippen MR) is 81.9 cm³/mol. The molecule has 0 aliphatic carbocycles. The first-order chi connectivity index (χ1) is 10.2. The summed E-state index contributed by atoms with van der Waals surface area (Å²) in [5.41, 5.74) is 1.90.